The summed E-state index contributed by atoms with van der Waals surface area (Å²) in [7, 11) is 3.86. The normalized spacial score (nSPS) is 11.2. The highest BCUT2D eigenvalue weighted by Gasteiger charge is 2.06. The molecule has 0 heterocycles. The molecule has 0 fully saturated rings. The summed E-state index contributed by atoms with van der Waals surface area (Å²) in [6.45, 7) is 0. The lowest BCUT2D eigenvalue weighted by molar-refractivity contribution is -0.135. The highest BCUT2D eigenvalue weighted by Crippen LogP contribution is 2.00. The van der Waals surface area contributed by atoms with E-state index in [9.17, 15) is 9.59 Å². The monoisotopic (exact) mass is 200 g/mol. The van der Waals surface area contributed by atoms with Crippen molar-refractivity contribution < 1.29 is 23.8 Å². The van der Waals surface area contributed by atoms with Crippen molar-refractivity contribution in [3.63, 3.8) is 0 Å². The third-order valence-corrected chi connectivity index (χ3v) is 1.27. The second-order valence-electron chi connectivity index (χ2n) is 2.16. The molecular formula is C9H12O5. The van der Waals surface area contributed by atoms with Crippen LogP contribution in [0.4, 0.5) is 0 Å². The minimum Gasteiger partial charge on any atom is -0.503 e. The highest BCUT2D eigenvalue weighted by atomic mass is 16.5. The van der Waals surface area contributed by atoms with Crippen molar-refractivity contribution in [2.75, 3.05) is 21.3 Å². The Bertz CT molecular complexity index is 264. The van der Waals surface area contributed by atoms with Gasteiger partial charge in [0.15, 0.2) is 0 Å². The summed E-state index contributed by atoms with van der Waals surface area (Å²) in [6, 6.07) is 0. The van der Waals surface area contributed by atoms with E-state index >= 15 is 0 Å². The van der Waals surface area contributed by atoms with Crippen molar-refractivity contribution in [2.45, 2.75) is 0 Å². The third-order valence-electron chi connectivity index (χ3n) is 1.27. The van der Waals surface area contributed by atoms with Crippen LogP contribution in [0, 0.1) is 0 Å². The van der Waals surface area contributed by atoms with Crippen molar-refractivity contribution in [1.29, 1.82) is 0 Å². The summed E-state index contributed by atoms with van der Waals surface area (Å²) < 4.78 is 13.4. The van der Waals surface area contributed by atoms with E-state index in [0.717, 1.165) is 6.08 Å². The van der Waals surface area contributed by atoms with Gasteiger partial charge >= 0.3 is 11.9 Å². The third kappa shape index (κ3) is 4.30. The Morgan fingerprint density at radius 1 is 1.00 bits per heavy atom. The van der Waals surface area contributed by atoms with Crippen LogP contribution in [0.25, 0.3) is 0 Å². The van der Waals surface area contributed by atoms with Crippen LogP contribution in [0.15, 0.2) is 24.0 Å². The van der Waals surface area contributed by atoms with Crippen molar-refractivity contribution in [1.82, 2.24) is 0 Å². The molecule has 0 aromatic carbocycles. The summed E-state index contributed by atoms with van der Waals surface area (Å²) in [4.78, 5) is 21.7. The summed E-state index contributed by atoms with van der Waals surface area (Å²) in [6.07, 6.45) is 3.52. The maximum Gasteiger partial charge on any atom is 0.340 e. The Labute approximate surface area is 81.9 Å². The Balaban J connectivity index is 4.54. The predicted octanol–water partition coefficient (Wildman–Crippen LogP) is 0.419. The molecular weight excluding hydrogens is 188 g/mol. The number of rotatable bonds is 4. The fraction of sp³-hybridized carbons (Fsp3) is 0.333. The Hall–Kier alpha value is -1.78. The van der Waals surface area contributed by atoms with Crippen molar-refractivity contribution in [3.05, 3.63) is 24.0 Å². The van der Waals surface area contributed by atoms with Gasteiger partial charge in [0, 0.05) is 6.08 Å². The molecule has 0 amide bonds. The summed E-state index contributed by atoms with van der Waals surface area (Å²) in [5.74, 6) is -1.15. The second-order valence-corrected chi connectivity index (χ2v) is 2.16. The topological polar surface area (TPSA) is 61.8 Å². The standard InChI is InChI=1S/C9H12O5/c1-12-6-7(9(11)14-3)4-5-8(10)13-2/h4-6H,1-3H3/b5-4-,7-6-. The van der Waals surface area contributed by atoms with Crippen LogP contribution in [0.3, 0.4) is 0 Å². The smallest absolute Gasteiger partial charge is 0.340 e. The zero-order valence-electron chi connectivity index (χ0n) is 8.27. The molecule has 0 saturated heterocycles. The highest BCUT2D eigenvalue weighted by molar-refractivity contribution is 5.93. The van der Waals surface area contributed by atoms with Gasteiger partial charge in [0.05, 0.1) is 33.2 Å². The Morgan fingerprint density at radius 3 is 2.07 bits per heavy atom. The molecule has 14 heavy (non-hydrogen) atoms. The minimum atomic E-state index is -0.591. The number of ether oxygens (including phenoxy) is 3. The molecule has 0 atom stereocenters. The quantitative estimate of drug-likeness (QED) is 0.285. The van der Waals surface area contributed by atoms with E-state index < -0.39 is 11.9 Å². The first-order valence-corrected chi connectivity index (χ1v) is 3.73. The second kappa shape index (κ2) is 6.71. The minimum absolute atomic E-state index is 0.125. The van der Waals surface area contributed by atoms with E-state index in [1.807, 2.05) is 0 Å². The molecule has 0 aliphatic carbocycles. The lowest BCUT2D eigenvalue weighted by atomic mass is 10.3. The van der Waals surface area contributed by atoms with Gasteiger partial charge in [-0.15, -0.1) is 0 Å². The van der Waals surface area contributed by atoms with Gasteiger partial charge in [-0.05, 0) is 6.08 Å². The van der Waals surface area contributed by atoms with Crippen LogP contribution >= 0.6 is 0 Å². The molecule has 0 aromatic rings. The van der Waals surface area contributed by atoms with Crippen LogP contribution in [-0.2, 0) is 23.8 Å². The van der Waals surface area contributed by atoms with E-state index in [1.165, 1.54) is 33.7 Å². The molecule has 0 spiro atoms. The first-order valence-electron chi connectivity index (χ1n) is 3.73. The van der Waals surface area contributed by atoms with Gasteiger partial charge in [0.2, 0.25) is 0 Å². The molecule has 5 nitrogen and oxygen atoms in total. The molecule has 0 radical (unpaired) electrons. The van der Waals surface area contributed by atoms with Crippen LogP contribution in [0.2, 0.25) is 0 Å². The zero-order valence-corrected chi connectivity index (χ0v) is 8.27. The number of carbonyl (C=O) groups excluding carboxylic acids is 2. The number of hydrogen-bond donors (Lipinski definition) is 0. The molecule has 0 N–H and O–H groups in total. The molecule has 0 unspecified atom stereocenters. The molecule has 0 aliphatic rings. The number of methoxy groups -OCH3 is 3. The SMILES string of the molecule is CO/C=C(/C=C\C(=O)OC)C(=O)OC. The average Bonchev–Trinajstić information content (AvgIpc) is 2.22. The first kappa shape index (κ1) is 12.2. The van der Waals surface area contributed by atoms with Gasteiger partial charge in [-0.1, -0.05) is 0 Å². The van der Waals surface area contributed by atoms with Crippen LogP contribution < -0.4 is 0 Å². The van der Waals surface area contributed by atoms with Gasteiger partial charge in [-0.25, -0.2) is 9.59 Å². The van der Waals surface area contributed by atoms with Crippen molar-refractivity contribution >= 4 is 11.9 Å². The summed E-state index contributed by atoms with van der Waals surface area (Å²) in [5, 5.41) is 0. The van der Waals surface area contributed by atoms with E-state index in [0.29, 0.717) is 0 Å². The summed E-state index contributed by atoms with van der Waals surface area (Å²) >= 11 is 0. The average molecular weight is 200 g/mol. The Morgan fingerprint density at radius 2 is 1.64 bits per heavy atom. The van der Waals surface area contributed by atoms with Crippen molar-refractivity contribution in [3.8, 4) is 0 Å². The molecule has 0 rings (SSSR count). The van der Waals surface area contributed by atoms with Crippen LogP contribution in [-0.4, -0.2) is 33.3 Å². The number of esters is 2. The predicted molar refractivity (Wildman–Crippen MR) is 48.3 cm³/mol. The van der Waals surface area contributed by atoms with E-state index in [2.05, 4.69) is 14.2 Å². The van der Waals surface area contributed by atoms with Gasteiger partial charge < -0.3 is 14.2 Å². The molecule has 0 aliphatic heterocycles. The molecule has 0 aromatic heterocycles. The van der Waals surface area contributed by atoms with Gasteiger partial charge in [-0.2, -0.15) is 0 Å². The number of carbonyl (C=O) groups is 2. The van der Waals surface area contributed by atoms with Crippen LogP contribution in [0.1, 0.15) is 0 Å². The Kier molecular flexibility index (Phi) is 5.85. The van der Waals surface area contributed by atoms with Gasteiger partial charge in [0.1, 0.15) is 0 Å². The molecule has 78 valence electrons. The lowest BCUT2D eigenvalue weighted by Gasteiger charge is -1.98. The van der Waals surface area contributed by atoms with Crippen LogP contribution in [0.5, 0.6) is 0 Å². The van der Waals surface area contributed by atoms with E-state index in [1.54, 1.807) is 0 Å². The largest absolute Gasteiger partial charge is 0.503 e. The van der Waals surface area contributed by atoms with Gasteiger partial charge in [0.25, 0.3) is 0 Å². The molecule has 0 saturated carbocycles. The fourth-order valence-corrected chi connectivity index (χ4v) is 0.626. The van der Waals surface area contributed by atoms with Crippen molar-refractivity contribution in [2.24, 2.45) is 0 Å². The molecule has 0 bridgehead atoms. The summed E-state index contributed by atoms with van der Waals surface area (Å²) in [5.41, 5.74) is 0.125. The van der Waals surface area contributed by atoms with E-state index in [4.69, 9.17) is 0 Å². The lowest BCUT2D eigenvalue weighted by Crippen LogP contribution is -2.04. The fourth-order valence-electron chi connectivity index (χ4n) is 0.626. The first-order chi connectivity index (χ1) is 6.65. The van der Waals surface area contributed by atoms with E-state index in [-0.39, 0.29) is 5.57 Å². The zero-order chi connectivity index (χ0) is 11.0. The maximum atomic E-state index is 11.0. The maximum absolute atomic E-state index is 11.0. The number of hydrogen-bond acceptors (Lipinski definition) is 5. The van der Waals surface area contributed by atoms with Gasteiger partial charge in [-0.3, -0.25) is 0 Å². The molecule has 5 heteroatoms.